The molecule has 2 heterocycles. The largest absolute Gasteiger partial charge is 0.378 e. The number of aromatic nitrogens is 2. The fourth-order valence-electron chi connectivity index (χ4n) is 3.27. The molecule has 0 radical (unpaired) electrons. The maximum atomic E-state index is 8.66. The highest BCUT2D eigenvalue weighted by Gasteiger charge is 2.11. The zero-order valence-electron chi connectivity index (χ0n) is 17.1. The summed E-state index contributed by atoms with van der Waals surface area (Å²) in [5, 5.41) is 15.9. The molecule has 0 atom stereocenters. The van der Waals surface area contributed by atoms with Crippen LogP contribution in [0.4, 0.5) is 17.3 Å². The Morgan fingerprint density at radius 3 is 2.74 bits per heavy atom. The van der Waals surface area contributed by atoms with E-state index in [9.17, 15) is 0 Å². The van der Waals surface area contributed by atoms with E-state index in [0.717, 1.165) is 47.5 Å². The zero-order chi connectivity index (χ0) is 21.3. The highest BCUT2D eigenvalue weighted by Crippen LogP contribution is 2.28. The Morgan fingerprint density at radius 2 is 1.94 bits per heavy atom. The lowest BCUT2D eigenvalue weighted by Crippen LogP contribution is -2.36. The van der Waals surface area contributed by atoms with Gasteiger partial charge in [0.15, 0.2) is 0 Å². The van der Waals surface area contributed by atoms with Gasteiger partial charge in [0.1, 0.15) is 5.03 Å². The maximum Gasteiger partial charge on any atom is 0.228 e. The molecule has 8 heteroatoms. The topological polar surface area (TPSA) is 86.1 Å². The third kappa shape index (κ3) is 6.18. The lowest BCUT2D eigenvalue weighted by Gasteiger charge is -2.28. The summed E-state index contributed by atoms with van der Waals surface area (Å²) < 4.78 is 5.42. The number of morpholine rings is 1. The highest BCUT2D eigenvalue weighted by molar-refractivity contribution is 7.99. The van der Waals surface area contributed by atoms with Gasteiger partial charge in [-0.05, 0) is 48.0 Å². The van der Waals surface area contributed by atoms with Crippen molar-refractivity contribution in [1.29, 1.82) is 5.26 Å². The molecule has 0 aliphatic carbocycles. The van der Waals surface area contributed by atoms with Crippen molar-refractivity contribution in [2.24, 2.45) is 0 Å². The van der Waals surface area contributed by atoms with Crippen molar-refractivity contribution in [3.05, 3.63) is 66.4 Å². The van der Waals surface area contributed by atoms with Gasteiger partial charge in [0, 0.05) is 42.1 Å². The number of hydrogen-bond donors (Lipinski definition) is 2. The summed E-state index contributed by atoms with van der Waals surface area (Å²) >= 11 is 1.58. The summed E-state index contributed by atoms with van der Waals surface area (Å²) in [6.45, 7) is 4.40. The Bertz CT molecular complexity index is 1030. The first-order valence-electron chi connectivity index (χ1n) is 10.2. The predicted molar refractivity (Wildman–Crippen MR) is 123 cm³/mol. The molecule has 1 saturated heterocycles. The van der Waals surface area contributed by atoms with Crippen LogP contribution in [0.3, 0.4) is 0 Å². The summed E-state index contributed by atoms with van der Waals surface area (Å²) in [6.07, 6.45) is 1.76. The minimum absolute atomic E-state index is 0.339. The standard InChI is InChI=1S/C23H24N6OS/c24-9-11-25-17-18-2-1-3-21(16-18)31-22-8-10-26-23(28-22)27-19-4-6-20(7-5-19)29-12-14-30-15-13-29/h1-8,10,16,25H,11-15,17H2,(H,26,27,28). The van der Waals surface area contributed by atoms with Gasteiger partial charge in [-0.25, -0.2) is 9.97 Å². The molecule has 1 aliphatic heterocycles. The fraction of sp³-hybridized carbons (Fsp3) is 0.261. The van der Waals surface area contributed by atoms with Crippen molar-refractivity contribution in [3.63, 3.8) is 0 Å². The number of hydrogen-bond acceptors (Lipinski definition) is 8. The van der Waals surface area contributed by atoms with Gasteiger partial charge in [-0.1, -0.05) is 23.9 Å². The van der Waals surface area contributed by atoms with E-state index in [1.54, 1.807) is 18.0 Å². The van der Waals surface area contributed by atoms with Crippen molar-refractivity contribution in [2.75, 3.05) is 43.1 Å². The van der Waals surface area contributed by atoms with Crippen LogP contribution in [-0.4, -0.2) is 42.8 Å². The molecule has 0 spiro atoms. The van der Waals surface area contributed by atoms with Crippen molar-refractivity contribution >= 4 is 29.1 Å². The van der Waals surface area contributed by atoms with Gasteiger partial charge in [0.05, 0.1) is 25.8 Å². The van der Waals surface area contributed by atoms with Gasteiger partial charge in [-0.15, -0.1) is 0 Å². The van der Waals surface area contributed by atoms with Gasteiger partial charge in [-0.3, -0.25) is 0 Å². The zero-order valence-corrected chi connectivity index (χ0v) is 17.9. The summed E-state index contributed by atoms with van der Waals surface area (Å²) in [5.74, 6) is 0.566. The number of nitrogens with zero attached hydrogens (tertiary/aromatic N) is 4. The van der Waals surface area contributed by atoms with Gasteiger partial charge < -0.3 is 20.3 Å². The molecular formula is C23H24N6OS. The SMILES string of the molecule is N#CCNCc1cccc(Sc2ccnc(Nc3ccc(N4CCOCC4)cc3)n2)c1. The molecule has 2 aromatic carbocycles. The van der Waals surface area contributed by atoms with E-state index in [0.29, 0.717) is 19.0 Å². The summed E-state index contributed by atoms with van der Waals surface area (Å²) in [6, 6.07) is 20.5. The number of anilines is 3. The Hall–Kier alpha value is -3.12. The smallest absolute Gasteiger partial charge is 0.228 e. The van der Waals surface area contributed by atoms with Crippen LogP contribution >= 0.6 is 11.8 Å². The Morgan fingerprint density at radius 1 is 1.10 bits per heavy atom. The molecule has 31 heavy (non-hydrogen) atoms. The van der Waals surface area contributed by atoms with Crippen LogP contribution in [0.15, 0.2) is 70.7 Å². The van der Waals surface area contributed by atoms with Crippen LogP contribution in [0.2, 0.25) is 0 Å². The molecule has 7 nitrogen and oxygen atoms in total. The molecule has 0 amide bonds. The van der Waals surface area contributed by atoms with E-state index in [-0.39, 0.29) is 0 Å². The second kappa shape index (κ2) is 10.8. The Kier molecular flexibility index (Phi) is 7.34. The molecule has 158 valence electrons. The molecular weight excluding hydrogens is 408 g/mol. The van der Waals surface area contributed by atoms with Gasteiger partial charge >= 0.3 is 0 Å². The quantitative estimate of drug-likeness (QED) is 0.316. The number of benzene rings is 2. The van der Waals surface area contributed by atoms with Crippen LogP contribution in [0.25, 0.3) is 0 Å². The fourth-order valence-corrected chi connectivity index (χ4v) is 4.13. The van der Waals surface area contributed by atoms with Crippen molar-refractivity contribution in [1.82, 2.24) is 15.3 Å². The summed E-state index contributed by atoms with van der Waals surface area (Å²) in [5.41, 5.74) is 3.28. The normalized spacial score (nSPS) is 13.6. The van der Waals surface area contributed by atoms with Crippen LogP contribution in [-0.2, 0) is 11.3 Å². The van der Waals surface area contributed by atoms with E-state index in [1.807, 2.05) is 30.3 Å². The molecule has 0 saturated carbocycles. The highest BCUT2D eigenvalue weighted by atomic mass is 32.2. The average molecular weight is 433 g/mol. The number of ether oxygens (including phenoxy) is 1. The maximum absolute atomic E-state index is 8.66. The van der Waals surface area contributed by atoms with Crippen molar-refractivity contribution in [2.45, 2.75) is 16.5 Å². The lowest BCUT2D eigenvalue weighted by atomic mass is 10.2. The molecule has 0 bridgehead atoms. The monoisotopic (exact) mass is 432 g/mol. The van der Waals surface area contributed by atoms with E-state index < -0.39 is 0 Å². The average Bonchev–Trinajstić information content (AvgIpc) is 2.81. The van der Waals surface area contributed by atoms with Gasteiger partial charge in [-0.2, -0.15) is 5.26 Å². The van der Waals surface area contributed by atoms with Crippen LogP contribution < -0.4 is 15.5 Å². The first kappa shape index (κ1) is 21.1. The first-order chi connectivity index (χ1) is 15.3. The molecule has 1 fully saturated rings. The second-order valence-corrected chi connectivity index (χ2v) is 8.09. The first-order valence-corrected chi connectivity index (χ1v) is 11.0. The van der Waals surface area contributed by atoms with E-state index >= 15 is 0 Å². The minimum Gasteiger partial charge on any atom is -0.378 e. The second-order valence-electron chi connectivity index (χ2n) is 7.00. The Labute approximate surface area is 186 Å². The predicted octanol–water partition coefficient (Wildman–Crippen LogP) is 3.82. The molecule has 1 aromatic heterocycles. The molecule has 2 N–H and O–H groups in total. The number of nitriles is 1. The van der Waals surface area contributed by atoms with Crippen molar-refractivity contribution in [3.8, 4) is 6.07 Å². The van der Waals surface area contributed by atoms with Crippen LogP contribution in [0.1, 0.15) is 5.56 Å². The third-order valence-electron chi connectivity index (χ3n) is 4.78. The number of rotatable bonds is 8. The van der Waals surface area contributed by atoms with E-state index in [2.05, 4.69) is 55.8 Å². The van der Waals surface area contributed by atoms with Gasteiger partial charge in [0.2, 0.25) is 5.95 Å². The number of nitrogens with one attached hydrogen (secondary N) is 2. The summed E-state index contributed by atoms with van der Waals surface area (Å²) in [4.78, 5) is 12.4. The summed E-state index contributed by atoms with van der Waals surface area (Å²) in [7, 11) is 0. The van der Waals surface area contributed by atoms with Gasteiger partial charge in [0.25, 0.3) is 0 Å². The molecule has 1 aliphatic rings. The molecule has 3 aromatic rings. The van der Waals surface area contributed by atoms with E-state index in [1.165, 1.54) is 5.69 Å². The molecule has 4 rings (SSSR count). The lowest BCUT2D eigenvalue weighted by molar-refractivity contribution is 0.122. The van der Waals surface area contributed by atoms with Crippen LogP contribution in [0, 0.1) is 11.3 Å². The third-order valence-corrected chi connectivity index (χ3v) is 5.71. The van der Waals surface area contributed by atoms with Crippen molar-refractivity contribution < 1.29 is 4.74 Å². The van der Waals surface area contributed by atoms with E-state index in [4.69, 9.17) is 10.00 Å². The Balaban J connectivity index is 1.38. The molecule has 0 unspecified atom stereocenters. The van der Waals surface area contributed by atoms with Crippen LogP contribution in [0.5, 0.6) is 0 Å². The minimum atomic E-state index is 0.339.